The zero-order valence-corrected chi connectivity index (χ0v) is 14.0. The molecule has 1 heterocycles. The number of benzene rings is 1. The number of thioether (sulfide) groups is 1. The van der Waals surface area contributed by atoms with E-state index in [4.69, 9.17) is 4.74 Å². The molecule has 128 valence electrons. The summed E-state index contributed by atoms with van der Waals surface area (Å²) in [6.45, 7) is 1.36. The Balaban J connectivity index is 2.06. The monoisotopic (exact) mass is 351 g/mol. The fourth-order valence-electron chi connectivity index (χ4n) is 1.91. The second-order valence-electron chi connectivity index (χ2n) is 4.97. The van der Waals surface area contributed by atoms with Gasteiger partial charge in [-0.05, 0) is 25.1 Å². The van der Waals surface area contributed by atoms with Gasteiger partial charge in [-0.25, -0.2) is 9.59 Å². The van der Waals surface area contributed by atoms with E-state index in [1.54, 1.807) is 12.1 Å². The molecule has 1 aliphatic rings. The minimum atomic E-state index is -1.14. The van der Waals surface area contributed by atoms with Gasteiger partial charge < -0.3 is 15.4 Å². The van der Waals surface area contributed by atoms with Gasteiger partial charge in [-0.3, -0.25) is 14.9 Å². The molecule has 0 radical (unpaired) electrons. The molecule has 0 unspecified atom stereocenters. The standard InChI is InChI=1S/C15H17N3O5S/c1-8(13(20)18-15(22)16-2)23-14(21)9-3-4-11-10(7-9)17-12(19)5-6-24-11/h3-4,7-8H,5-6H2,1-2H3,(H,17,19)(H2,16,18,20,22)/t8-/m0/s1. The second kappa shape index (κ2) is 7.82. The quantitative estimate of drug-likeness (QED) is 0.703. The molecule has 2 rings (SSSR count). The van der Waals surface area contributed by atoms with E-state index in [-0.39, 0.29) is 11.5 Å². The van der Waals surface area contributed by atoms with Crippen molar-refractivity contribution in [2.45, 2.75) is 24.3 Å². The van der Waals surface area contributed by atoms with Gasteiger partial charge in [-0.15, -0.1) is 11.8 Å². The Labute approximate surface area is 142 Å². The molecule has 4 amide bonds. The van der Waals surface area contributed by atoms with E-state index >= 15 is 0 Å². The maximum Gasteiger partial charge on any atom is 0.338 e. The molecule has 3 N–H and O–H groups in total. The van der Waals surface area contributed by atoms with Crippen molar-refractivity contribution < 1.29 is 23.9 Å². The van der Waals surface area contributed by atoms with Crippen LogP contribution in [0.3, 0.4) is 0 Å². The molecule has 0 aliphatic carbocycles. The van der Waals surface area contributed by atoms with Crippen LogP contribution in [0.2, 0.25) is 0 Å². The zero-order chi connectivity index (χ0) is 17.7. The number of urea groups is 1. The smallest absolute Gasteiger partial charge is 0.338 e. The molecule has 1 aromatic carbocycles. The molecule has 24 heavy (non-hydrogen) atoms. The molecule has 0 bridgehead atoms. The third kappa shape index (κ3) is 4.48. The summed E-state index contributed by atoms with van der Waals surface area (Å²) in [6.07, 6.45) is -0.742. The first-order valence-corrected chi connectivity index (χ1v) is 8.19. The first-order valence-electron chi connectivity index (χ1n) is 7.21. The number of hydrogen-bond acceptors (Lipinski definition) is 6. The minimum absolute atomic E-state index is 0.120. The van der Waals surface area contributed by atoms with E-state index in [1.165, 1.54) is 31.8 Å². The zero-order valence-electron chi connectivity index (χ0n) is 13.2. The van der Waals surface area contributed by atoms with Crippen LogP contribution in [-0.4, -0.2) is 42.7 Å². The number of imide groups is 1. The summed E-state index contributed by atoms with van der Waals surface area (Å²) >= 11 is 1.52. The SMILES string of the molecule is CNC(=O)NC(=O)[C@H](C)OC(=O)c1ccc2c(c1)NC(=O)CCS2. The molecular formula is C15H17N3O5S. The van der Waals surface area contributed by atoms with Gasteiger partial charge in [-0.1, -0.05) is 0 Å². The number of ether oxygens (including phenoxy) is 1. The van der Waals surface area contributed by atoms with Crippen molar-refractivity contribution in [3.05, 3.63) is 23.8 Å². The van der Waals surface area contributed by atoms with Crippen LogP contribution in [0.25, 0.3) is 0 Å². The number of anilines is 1. The van der Waals surface area contributed by atoms with Crippen molar-refractivity contribution in [1.82, 2.24) is 10.6 Å². The lowest BCUT2D eigenvalue weighted by Gasteiger charge is -2.13. The lowest BCUT2D eigenvalue weighted by atomic mass is 10.2. The van der Waals surface area contributed by atoms with E-state index < -0.39 is 24.0 Å². The molecule has 8 nitrogen and oxygen atoms in total. The van der Waals surface area contributed by atoms with Crippen LogP contribution in [0.15, 0.2) is 23.1 Å². The van der Waals surface area contributed by atoms with Gasteiger partial charge in [0, 0.05) is 24.1 Å². The van der Waals surface area contributed by atoms with E-state index in [1.807, 2.05) is 5.32 Å². The van der Waals surface area contributed by atoms with Crippen LogP contribution in [0, 0.1) is 0 Å². The lowest BCUT2D eigenvalue weighted by Crippen LogP contribution is -2.43. The number of hydrogen-bond donors (Lipinski definition) is 3. The van der Waals surface area contributed by atoms with Gasteiger partial charge in [0.1, 0.15) is 0 Å². The van der Waals surface area contributed by atoms with Crippen LogP contribution in [-0.2, 0) is 14.3 Å². The van der Waals surface area contributed by atoms with E-state index in [2.05, 4.69) is 10.6 Å². The topological polar surface area (TPSA) is 114 Å². The van der Waals surface area contributed by atoms with Gasteiger partial charge in [0.25, 0.3) is 5.91 Å². The molecule has 0 saturated carbocycles. The lowest BCUT2D eigenvalue weighted by molar-refractivity contribution is -0.127. The van der Waals surface area contributed by atoms with Gasteiger partial charge in [0.15, 0.2) is 6.10 Å². The summed E-state index contributed by atoms with van der Waals surface area (Å²) in [4.78, 5) is 47.4. The number of esters is 1. The van der Waals surface area contributed by atoms with Crippen LogP contribution in [0.4, 0.5) is 10.5 Å². The highest BCUT2D eigenvalue weighted by Crippen LogP contribution is 2.31. The summed E-state index contributed by atoms with van der Waals surface area (Å²) in [5, 5.41) is 6.98. The molecular weight excluding hydrogens is 334 g/mol. The molecule has 0 fully saturated rings. The van der Waals surface area contributed by atoms with E-state index in [9.17, 15) is 19.2 Å². The molecule has 9 heteroatoms. The second-order valence-corrected chi connectivity index (χ2v) is 6.11. The average molecular weight is 351 g/mol. The van der Waals surface area contributed by atoms with Crippen LogP contribution in [0.5, 0.6) is 0 Å². The number of nitrogens with one attached hydrogen (secondary N) is 3. The Morgan fingerprint density at radius 3 is 2.79 bits per heavy atom. The molecule has 0 spiro atoms. The molecule has 1 atom stereocenters. The highest BCUT2D eigenvalue weighted by atomic mass is 32.2. The molecule has 1 aliphatic heterocycles. The van der Waals surface area contributed by atoms with Crippen molar-refractivity contribution in [1.29, 1.82) is 0 Å². The van der Waals surface area contributed by atoms with Crippen molar-refractivity contribution in [2.75, 3.05) is 18.1 Å². The maximum absolute atomic E-state index is 12.1. The Morgan fingerprint density at radius 2 is 2.08 bits per heavy atom. The fourth-order valence-corrected chi connectivity index (χ4v) is 2.84. The highest BCUT2D eigenvalue weighted by molar-refractivity contribution is 7.99. The minimum Gasteiger partial charge on any atom is -0.449 e. The van der Waals surface area contributed by atoms with Crippen molar-refractivity contribution in [3.63, 3.8) is 0 Å². The van der Waals surface area contributed by atoms with E-state index in [0.717, 1.165) is 4.90 Å². The predicted octanol–water partition coefficient (Wildman–Crippen LogP) is 1.12. The summed E-state index contributed by atoms with van der Waals surface area (Å²) in [5.41, 5.74) is 0.746. The first-order chi connectivity index (χ1) is 11.4. The van der Waals surface area contributed by atoms with Crippen LogP contribution in [0.1, 0.15) is 23.7 Å². The normalized spacial score (nSPS) is 14.5. The van der Waals surface area contributed by atoms with Crippen molar-refractivity contribution in [3.8, 4) is 0 Å². The Morgan fingerprint density at radius 1 is 1.33 bits per heavy atom. The molecule has 0 aromatic heterocycles. The third-order valence-corrected chi connectivity index (χ3v) is 4.27. The van der Waals surface area contributed by atoms with Crippen molar-refractivity contribution in [2.24, 2.45) is 0 Å². The molecule has 0 saturated heterocycles. The number of fused-ring (bicyclic) bond motifs is 1. The van der Waals surface area contributed by atoms with Gasteiger partial charge in [-0.2, -0.15) is 0 Å². The fraction of sp³-hybridized carbons (Fsp3) is 0.333. The summed E-state index contributed by atoms with van der Waals surface area (Å²) in [6, 6.07) is 4.11. The van der Waals surface area contributed by atoms with Gasteiger partial charge in [0.2, 0.25) is 5.91 Å². The Hall–Kier alpha value is -2.55. The Kier molecular flexibility index (Phi) is 5.80. The third-order valence-electron chi connectivity index (χ3n) is 3.19. The predicted molar refractivity (Wildman–Crippen MR) is 87.9 cm³/mol. The first kappa shape index (κ1) is 17.8. The highest BCUT2D eigenvalue weighted by Gasteiger charge is 2.22. The maximum atomic E-state index is 12.1. The summed E-state index contributed by atoms with van der Waals surface area (Å²) < 4.78 is 5.04. The van der Waals surface area contributed by atoms with Crippen molar-refractivity contribution >= 4 is 41.3 Å². The van der Waals surface area contributed by atoms with Gasteiger partial charge >= 0.3 is 12.0 Å². The van der Waals surface area contributed by atoms with Gasteiger partial charge in [0.05, 0.1) is 11.3 Å². The molecule has 1 aromatic rings. The van der Waals surface area contributed by atoms with Crippen LogP contribution >= 0.6 is 11.8 Å². The summed E-state index contributed by atoms with van der Waals surface area (Å²) in [7, 11) is 1.36. The largest absolute Gasteiger partial charge is 0.449 e. The number of carbonyl (C=O) groups excluding carboxylic acids is 4. The average Bonchev–Trinajstić information content (AvgIpc) is 2.74. The van der Waals surface area contributed by atoms with Crippen LogP contribution < -0.4 is 16.0 Å². The number of carbonyl (C=O) groups is 4. The number of amides is 4. The number of rotatable bonds is 3. The Bertz CT molecular complexity index is 692. The van der Waals surface area contributed by atoms with E-state index in [0.29, 0.717) is 17.9 Å². The summed E-state index contributed by atoms with van der Waals surface area (Å²) in [5.74, 6) is -0.911.